The minimum Gasteiger partial charge on any atom is -0.490 e. The van der Waals surface area contributed by atoms with E-state index in [2.05, 4.69) is 5.32 Å². The molecule has 2 saturated carbocycles. The molecule has 23 heavy (non-hydrogen) atoms. The highest BCUT2D eigenvalue weighted by molar-refractivity contribution is 6.32. The molecule has 5 heteroatoms. The van der Waals surface area contributed by atoms with Crippen LogP contribution in [0.4, 0.5) is 0 Å². The maximum absolute atomic E-state index is 11.5. The van der Waals surface area contributed by atoms with Gasteiger partial charge in [0.2, 0.25) is 5.91 Å². The molecular weight excluding hydrogens is 314 g/mol. The highest BCUT2D eigenvalue weighted by atomic mass is 35.5. The minimum absolute atomic E-state index is 0.135. The predicted molar refractivity (Wildman–Crippen MR) is 90.2 cm³/mol. The summed E-state index contributed by atoms with van der Waals surface area (Å²) in [6, 6.07) is 5.55. The van der Waals surface area contributed by atoms with Gasteiger partial charge in [0.1, 0.15) is 18.1 Å². The fourth-order valence-electron chi connectivity index (χ4n) is 2.87. The normalized spacial score (nSPS) is 18.5. The average molecular weight is 338 g/mol. The van der Waals surface area contributed by atoms with Crippen LogP contribution in [-0.4, -0.2) is 25.2 Å². The molecule has 0 saturated heterocycles. The number of nitrogens with one attached hydrogen (secondary N) is 1. The van der Waals surface area contributed by atoms with E-state index in [1.54, 1.807) is 0 Å². The summed E-state index contributed by atoms with van der Waals surface area (Å²) in [4.78, 5) is 11.5. The van der Waals surface area contributed by atoms with Gasteiger partial charge in [-0.15, -0.1) is 0 Å². The Morgan fingerprint density at radius 3 is 2.65 bits per heavy atom. The Hall–Kier alpha value is -1.42. The first-order chi connectivity index (χ1) is 11.2. The van der Waals surface area contributed by atoms with Crippen molar-refractivity contribution in [3.05, 3.63) is 23.2 Å². The van der Waals surface area contributed by atoms with Crippen molar-refractivity contribution < 1.29 is 14.3 Å². The van der Waals surface area contributed by atoms with E-state index in [1.165, 1.54) is 19.3 Å². The van der Waals surface area contributed by atoms with Gasteiger partial charge in [0.05, 0.1) is 17.7 Å². The zero-order valence-electron chi connectivity index (χ0n) is 13.4. The maximum Gasteiger partial charge on any atom is 0.223 e. The van der Waals surface area contributed by atoms with Crippen LogP contribution in [0.25, 0.3) is 0 Å². The van der Waals surface area contributed by atoms with Crippen molar-refractivity contribution in [2.75, 3.05) is 13.2 Å². The van der Waals surface area contributed by atoms with E-state index < -0.39 is 0 Å². The van der Waals surface area contributed by atoms with E-state index in [-0.39, 0.29) is 11.8 Å². The number of carbonyl (C=O) groups is 1. The molecule has 4 nitrogen and oxygen atoms in total. The largest absolute Gasteiger partial charge is 0.490 e. The molecule has 0 spiro atoms. The quantitative estimate of drug-likeness (QED) is 0.766. The number of hydrogen-bond acceptors (Lipinski definition) is 3. The van der Waals surface area contributed by atoms with E-state index in [0.29, 0.717) is 30.0 Å². The van der Waals surface area contributed by atoms with Crippen molar-refractivity contribution in [2.45, 2.75) is 51.0 Å². The SMILES string of the molecule is O=C(NCCOc1ccc(OC2CCCCC2)cc1Cl)C1CC1. The lowest BCUT2D eigenvalue weighted by atomic mass is 9.98. The van der Waals surface area contributed by atoms with Crippen molar-refractivity contribution >= 4 is 17.5 Å². The Kier molecular flexibility index (Phi) is 5.65. The Bertz CT molecular complexity index is 539. The van der Waals surface area contributed by atoms with Gasteiger partial charge < -0.3 is 14.8 Å². The van der Waals surface area contributed by atoms with Crippen LogP contribution in [0.2, 0.25) is 5.02 Å². The fourth-order valence-corrected chi connectivity index (χ4v) is 3.10. The molecule has 2 aliphatic carbocycles. The molecule has 0 radical (unpaired) electrons. The first kappa shape index (κ1) is 16.4. The second-order valence-electron chi connectivity index (χ2n) is 6.38. The second kappa shape index (κ2) is 7.91. The third kappa shape index (κ3) is 5.03. The summed E-state index contributed by atoms with van der Waals surface area (Å²) in [7, 11) is 0. The predicted octanol–water partition coefficient (Wildman–Crippen LogP) is 3.96. The highest BCUT2D eigenvalue weighted by Crippen LogP contribution is 2.31. The number of benzene rings is 1. The van der Waals surface area contributed by atoms with E-state index in [1.807, 2.05) is 18.2 Å². The lowest BCUT2D eigenvalue weighted by molar-refractivity contribution is -0.122. The first-order valence-corrected chi connectivity index (χ1v) is 8.97. The smallest absolute Gasteiger partial charge is 0.223 e. The molecule has 1 amide bonds. The van der Waals surface area contributed by atoms with E-state index in [9.17, 15) is 4.79 Å². The van der Waals surface area contributed by atoms with Gasteiger partial charge >= 0.3 is 0 Å². The zero-order valence-corrected chi connectivity index (χ0v) is 14.1. The van der Waals surface area contributed by atoms with Crippen LogP contribution >= 0.6 is 11.6 Å². The Morgan fingerprint density at radius 2 is 1.96 bits per heavy atom. The van der Waals surface area contributed by atoms with Gasteiger partial charge in [0.25, 0.3) is 0 Å². The summed E-state index contributed by atoms with van der Waals surface area (Å²) in [5.74, 6) is 1.80. The molecular formula is C18H24ClNO3. The maximum atomic E-state index is 11.5. The van der Waals surface area contributed by atoms with Crippen LogP contribution in [0.1, 0.15) is 44.9 Å². The first-order valence-electron chi connectivity index (χ1n) is 8.59. The third-order valence-corrected chi connectivity index (χ3v) is 4.66. The van der Waals surface area contributed by atoms with Crippen LogP contribution in [0.5, 0.6) is 11.5 Å². The number of hydrogen-bond donors (Lipinski definition) is 1. The van der Waals surface area contributed by atoms with Gasteiger partial charge in [-0.05, 0) is 50.7 Å². The van der Waals surface area contributed by atoms with E-state index in [0.717, 1.165) is 31.4 Å². The number of carbonyl (C=O) groups excluding carboxylic acids is 1. The topological polar surface area (TPSA) is 47.6 Å². The third-order valence-electron chi connectivity index (χ3n) is 4.37. The number of ether oxygens (including phenoxy) is 2. The molecule has 3 rings (SSSR count). The highest BCUT2D eigenvalue weighted by Gasteiger charge is 2.29. The molecule has 0 atom stereocenters. The van der Waals surface area contributed by atoms with Crippen LogP contribution in [0.15, 0.2) is 18.2 Å². The summed E-state index contributed by atoms with van der Waals surface area (Å²) < 4.78 is 11.6. The van der Waals surface area contributed by atoms with Gasteiger partial charge in [-0.1, -0.05) is 18.0 Å². The van der Waals surface area contributed by atoms with Crippen molar-refractivity contribution in [1.29, 1.82) is 0 Å². The molecule has 1 aromatic carbocycles. The number of amides is 1. The van der Waals surface area contributed by atoms with E-state index in [4.69, 9.17) is 21.1 Å². The lowest BCUT2D eigenvalue weighted by Crippen LogP contribution is -2.29. The van der Waals surface area contributed by atoms with Gasteiger partial charge in [-0.25, -0.2) is 0 Å². The summed E-state index contributed by atoms with van der Waals surface area (Å²) in [6.45, 7) is 0.924. The van der Waals surface area contributed by atoms with Crippen molar-refractivity contribution in [3.8, 4) is 11.5 Å². The Morgan fingerprint density at radius 1 is 1.17 bits per heavy atom. The molecule has 2 fully saturated rings. The van der Waals surface area contributed by atoms with Gasteiger partial charge in [0, 0.05) is 12.0 Å². The molecule has 1 N–H and O–H groups in total. The number of rotatable bonds is 7. The fraction of sp³-hybridized carbons (Fsp3) is 0.611. The van der Waals surface area contributed by atoms with Crippen LogP contribution in [0, 0.1) is 5.92 Å². The van der Waals surface area contributed by atoms with Crippen molar-refractivity contribution in [1.82, 2.24) is 5.32 Å². The average Bonchev–Trinajstić information content (AvgIpc) is 3.39. The summed E-state index contributed by atoms with van der Waals surface area (Å²) >= 11 is 6.26. The van der Waals surface area contributed by atoms with E-state index >= 15 is 0 Å². The minimum atomic E-state index is 0.135. The second-order valence-corrected chi connectivity index (χ2v) is 6.79. The van der Waals surface area contributed by atoms with Gasteiger partial charge in [0.15, 0.2) is 0 Å². The summed E-state index contributed by atoms with van der Waals surface area (Å²) in [5, 5.41) is 3.42. The van der Waals surface area contributed by atoms with Gasteiger partial charge in [-0.2, -0.15) is 0 Å². The van der Waals surface area contributed by atoms with Crippen LogP contribution < -0.4 is 14.8 Å². The van der Waals surface area contributed by atoms with Crippen molar-refractivity contribution in [2.24, 2.45) is 5.92 Å². The standard InChI is InChI=1S/C18H24ClNO3/c19-16-12-15(23-14-4-2-1-3-5-14)8-9-17(16)22-11-10-20-18(21)13-6-7-13/h8-9,12-14H,1-7,10-11H2,(H,20,21). The monoisotopic (exact) mass is 337 g/mol. The van der Waals surface area contributed by atoms with Gasteiger partial charge in [-0.3, -0.25) is 4.79 Å². The molecule has 2 aliphatic rings. The molecule has 1 aromatic rings. The Balaban J connectivity index is 1.43. The van der Waals surface area contributed by atoms with Crippen LogP contribution in [0.3, 0.4) is 0 Å². The number of halogens is 1. The Labute approximate surface area is 142 Å². The molecule has 0 unspecified atom stereocenters. The summed E-state index contributed by atoms with van der Waals surface area (Å²) in [6.07, 6.45) is 8.38. The molecule has 126 valence electrons. The van der Waals surface area contributed by atoms with Crippen LogP contribution in [-0.2, 0) is 4.79 Å². The van der Waals surface area contributed by atoms with Crippen molar-refractivity contribution in [3.63, 3.8) is 0 Å². The molecule has 0 bridgehead atoms. The molecule has 0 heterocycles. The summed E-state index contributed by atoms with van der Waals surface area (Å²) in [5.41, 5.74) is 0. The molecule has 0 aromatic heterocycles. The zero-order chi connectivity index (χ0) is 16.1. The molecule has 0 aliphatic heterocycles. The lowest BCUT2D eigenvalue weighted by Gasteiger charge is -2.23.